The van der Waals surface area contributed by atoms with Gasteiger partial charge >= 0.3 is 6.03 Å². The van der Waals surface area contributed by atoms with Crippen LogP contribution in [0.3, 0.4) is 0 Å². The SMILES string of the molecule is CCN1CCC(=O)N(c2cccc(N)c2)C1=O. The van der Waals surface area contributed by atoms with Gasteiger partial charge in [0.25, 0.3) is 0 Å². The molecule has 90 valence electrons. The van der Waals surface area contributed by atoms with Crippen molar-refractivity contribution in [2.75, 3.05) is 23.7 Å². The molecule has 0 unspecified atom stereocenters. The van der Waals surface area contributed by atoms with Gasteiger partial charge in [0.1, 0.15) is 0 Å². The molecule has 1 aliphatic rings. The molecule has 1 aromatic rings. The summed E-state index contributed by atoms with van der Waals surface area (Å²) in [5, 5.41) is 0. The standard InChI is InChI=1S/C12H15N3O2/c1-2-14-7-6-11(16)15(12(14)17)10-5-3-4-9(13)8-10/h3-5,8H,2,6-7,13H2,1H3. The molecule has 0 aromatic heterocycles. The van der Waals surface area contributed by atoms with Crippen molar-refractivity contribution in [2.24, 2.45) is 0 Å². The molecule has 3 amide bonds. The van der Waals surface area contributed by atoms with E-state index in [1.54, 1.807) is 29.2 Å². The van der Waals surface area contributed by atoms with Crippen LogP contribution in [0.25, 0.3) is 0 Å². The van der Waals surface area contributed by atoms with Crippen LogP contribution in [0.2, 0.25) is 0 Å². The number of rotatable bonds is 2. The number of anilines is 2. The Labute approximate surface area is 99.8 Å². The molecule has 0 spiro atoms. The fourth-order valence-electron chi connectivity index (χ4n) is 1.90. The van der Waals surface area contributed by atoms with Crippen LogP contribution in [-0.2, 0) is 4.79 Å². The van der Waals surface area contributed by atoms with Crippen LogP contribution in [0.1, 0.15) is 13.3 Å². The smallest absolute Gasteiger partial charge is 0.331 e. The van der Waals surface area contributed by atoms with Crippen molar-refractivity contribution in [3.05, 3.63) is 24.3 Å². The second-order valence-electron chi connectivity index (χ2n) is 3.94. The van der Waals surface area contributed by atoms with E-state index in [9.17, 15) is 9.59 Å². The lowest BCUT2D eigenvalue weighted by atomic mass is 10.2. The highest BCUT2D eigenvalue weighted by Crippen LogP contribution is 2.22. The third-order valence-corrected chi connectivity index (χ3v) is 2.82. The van der Waals surface area contributed by atoms with E-state index in [0.717, 1.165) is 0 Å². The van der Waals surface area contributed by atoms with Gasteiger partial charge in [0.15, 0.2) is 0 Å². The molecule has 0 radical (unpaired) electrons. The van der Waals surface area contributed by atoms with Gasteiger partial charge in [-0.25, -0.2) is 9.69 Å². The van der Waals surface area contributed by atoms with Crippen molar-refractivity contribution in [2.45, 2.75) is 13.3 Å². The summed E-state index contributed by atoms with van der Waals surface area (Å²) < 4.78 is 0. The van der Waals surface area contributed by atoms with Crippen LogP contribution in [-0.4, -0.2) is 29.9 Å². The van der Waals surface area contributed by atoms with Crippen molar-refractivity contribution in [3.63, 3.8) is 0 Å². The fraction of sp³-hybridized carbons (Fsp3) is 0.333. The third kappa shape index (κ3) is 2.08. The van der Waals surface area contributed by atoms with Crippen LogP contribution >= 0.6 is 0 Å². The minimum atomic E-state index is -0.269. The summed E-state index contributed by atoms with van der Waals surface area (Å²) >= 11 is 0. The van der Waals surface area contributed by atoms with Crippen molar-refractivity contribution in [1.82, 2.24) is 4.90 Å². The first-order valence-corrected chi connectivity index (χ1v) is 5.61. The number of nitrogen functional groups attached to an aromatic ring is 1. The summed E-state index contributed by atoms with van der Waals surface area (Å²) in [6.07, 6.45) is 0.356. The molecule has 0 bridgehead atoms. The summed E-state index contributed by atoms with van der Waals surface area (Å²) in [4.78, 5) is 26.7. The number of carbonyl (C=O) groups excluding carboxylic acids is 2. The number of carbonyl (C=O) groups is 2. The predicted octanol–water partition coefficient (Wildman–Crippen LogP) is 1.45. The second kappa shape index (κ2) is 4.45. The molecule has 0 aliphatic carbocycles. The topological polar surface area (TPSA) is 66.6 Å². The van der Waals surface area contributed by atoms with Gasteiger partial charge in [0.05, 0.1) is 5.69 Å². The first kappa shape index (κ1) is 11.4. The summed E-state index contributed by atoms with van der Waals surface area (Å²) in [6, 6.07) is 6.53. The van der Waals surface area contributed by atoms with E-state index in [1.807, 2.05) is 6.92 Å². The van der Waals surface area contributed by atoms with Crippen molar-refractivity contribution < 1.29 is 9.59 Å². The largest absolute Gasteiger partial charge is 0.399 e. The van der Waals surface area contributed by atoms with E-state index >= 15 is 0 Å². The van der Waals surface area contributed by atoms with Crippen LogP contribution in [0.5, 0.6) is 0 Å². The molecule has 5 nitrogen and oxygen atoms in total. The van der Waals surface area contributed by atoms with Crippen molar-refractivity contribution in [3.8, 4) is 0 Å². The van der Waals surface area contributed by atoms with Gasteiger partial charge in [-0.3, -0.25) is 4.79 Å². The fourth-order valence-corrected chi connectivity index (χ4v) is 1.90. The molecule has 1 saturated heterocycles. The Hall–Kier alpha value is -2.04. The highest BCUT2D eigenvalue weighted by Gasteiger charge is 2.32. The normalized spacial score (nSPS) is 16.5. The maximum atomic E-state index is 12.1. The minimum Gasteiger partial charge on any atom is -0.399 e. The minimum absolute atomic E-state index is 0.176. The lowest BCUT2D eigenvalue weighted by Gasteiger charge is -2.33. The number of imide groups is 1. The molecule has 1 aromatic carbocycles. The van der Waals surface area contributed by atoms with Gasteiger partial charge in [0, 0.05) is 25.2 Å². The number of hydrogen-bond donors (Lipinski definition) is 1. The zero-order valence-electron chi connectivity index (χ0n) is 9.72. The quantitative estimate of drug-likeness (QED) is 0.786. The van der Waals surface area contributed by atoms with Crippen LogP contribution in [0.15, 0.2) is 24.3 Å². The highest BCUT2D eigenvalue weighted by atomic mass is 16.2. The Kier molecular flexibility index (Phi) is 2.99. The Morgan fingerprint density at radius 3 is 2.76 bits per heavy atom. The molecule has 1 aliphatic heterocycles. The Bertz CT molecular complexity index is 459. The average molecular weight is 233 g/mol. The zero-order valence-corrected chi connectivity index (χ0v) is 9.72. The van der Waals surface area contributed by atoms with E-state index in [2.05, 4.69) is 0 Å². The molecule has 17 heavy (non-hydrogen) atoms. The number of hydrogen-bond acceptors (Lipinski definition) is 3. The highest BCUT2D eigenvalue weighted by molar-refractivity contribution is 6.15. The van der Waals surface area contributed by atoms with Crippen LogP contribution in [0.4, 0.5) is 16.2 Å². The summed E-state index contributed by atoms with van der Waals surface area (Å²) in [5.41, 5.74) is 6.74. The Morgan fingerprint density at radius 1 is 1.35 bits per heavy atom. The maximum Gasteiger partial charge on any atom is 0.331 e. The van der Waals surface area contributed by atoms with Gasteiger partial charge in [-0.2, -0.15) is 0 Å². The molecule has 2 rings (SSSR count). The van der Waals surface area contributed by atoms with E-state index in [1.165, 1.54) is 4.90 Å². The van der Waals surface area contributed by atoms with Gasteiger partial charge in [-0.15, -0.1) is 0 Å². The monoisotopic (exact) mass is 233 g/mol. The third-order valence-electron chi connectivity index (χ3n) is 2.82. The van der Waals surface area contributed by atoms with Gasteiger partial charge in [0.2, 0.25) is 5.91 Å². The molecule has 1 fully saturated rings. The number of amides is 3. The van der Waals surface area contributed by atoms with Gasteiger partial charge in [-0.1, -0.05) is 6.07 Å². The summed E-state index contributed by atoms with van der Waals surface area (Å²) in [6.45, 7) is 2.99. The maximum absolute atomic E-state index is 12.1. The molecular formula is C12H15N3O2. The Morgan fingerprint density at radius 2 is 2.12 bits per heavy atom. The Balaban J connectivity index is 2.34. The molecule has 1 heterocycles. The van der Waals surface area contributed by atoms with E-state index in [4.69, 9.17) is 5.73 Å². The van der Waals surface area contributed by atoms with E-state index in [0.29, 0.717) is 30.9 Å². The second-order valence-corrected chi connectivity index (χ2v) is 3.94. The predicted molar refractivity (Wildman–Crippen MR) is 65.6 cm³/mol. The number of urea groups is 1. The van der Waals surface area contributed by atoms with Crippen molar-refractivity contribution >= 4 is 23.3 Å². The van der Waals surface area contributed by atoms with E-state index < -0.39 is 0 Å². The zero-order chi connectivity index (χ0) is 12.4. The molecule has 5 heteroatoms. The number of nitrogens with two attached hydrogens (primary N) is 1. The summed E-state index contributed by atoms with van der Waals surface area (Å²) in [5.74, 6) is -0.176. The number of benzene rings is 1. The lowest BCUT2D eigenvalue weighted by molar-refractivity contribution is -0.119. The van der Waals surface area contributed by atoms with Crippen LogP contribution < -0.4 is 10.6 Å². The van der Waals surface area contributed by atoms with Gasteiger partial charge < -0.3 is 10.6 Å². The van der Waals surface area contributed by atoms with E-state index in [-0.39, 0.29) is 11.9 Å². The summed E-state index contributed by atoms with van der Waals surface area (Å²) in [7, 11) is 0. The first-order chi connectivity index (χ1) is 8.13. The molecule has 2 N–H and O–H groups in total. The number of nitrogens with zero attached hydrogens (tertiary/aromatic N) is 2. The first-order valence-electron chi connectivity index (χ1n) is 5.61. The van der Waals surface area contributed by atoms with Crippen LogP contribution in [0, 0.1) is 0 Å². The molecule has 0 saturated carbocycles. The molecular weight excluding hydrogens is 218 g/mol. The lowest BCUT2D eigenvalue weighted by Crippen LogP contribution is -2.52. The molecule has 0 atom stereocenters. The van der Waals surface area contributed by atoms with Gasteiger partial charge in [-0.05, 0) is 25.1 Å². The van der Waals surface area contributed by atoms with Crippen molar-refractivity contribution in [1.29, 1.82) is 0 Å². The average Bonchev–Trinajstić information content (AvgIpc) is 2.29.